The fourth-order valence-electron chi connectivity index (χ4n) is 10.9. The molecular formula is C74H86N2O8. The highest BCUT2D eigenvalue weighted by Gasteiger charge is 2.20. The molecular weight excluding hydrogens is 1040 g/mol. The average molecular weight is 1130 g/mol. The minimum Gasteiger partial charge on any atom is -0.478 e. The van der Waals surface area contributed by atoms with E-state index in [0.29, 0.717) is 57.7 Å². The number of carboxylic acids is 2. The van der Waals surface area contributed by atoms with Crippen molar-refractivity contribution in [2.75, 3.05) is 24.7 Å². The minimum absolute atomic E-state index is 0.293. The summed E-state index contributed by atoms with van der Waals surface area (Å²) < 4.78 is 10.3. The van der Waals surface area contributed by atoms with E-state index in [1.807, 2.05) is 104 Å². The molecule has 0 saturated heterocycles. The van der Waals surface area contributed by atoms with Crippen LogP contribution in [-0.2, 0) is 9.47 Å². The van der Waals surface area contributed by atoms with E-state index >= 15 is 0 Å². The lowest BCUT2D eigenvalue weighted by molar-refractivity contribution is 0.0514. The number of esters is 2. The molecule has 0 spiro atoms. The molecule has 8 aromatic carbocycles. The summed E-state index contributed by atoms with van der Waals surface area (Å²) in [5, 5.41) is 18.5. The Bertz CT molecular complexity index is 3310. The van der Waals surface area contributed by atoms with Crippen molar-refractivity contribution < 1.29 is 38.9 Å². The first-order chi connectivity index (χ1) is 39.3. The third-order valence-electron chi connectivity index (χ3n) is 15.9. The van der Waals surface area contributed by atoms with Crippen molar-refractivity contribution in [3.05, 3.63) is 219 Å². The standard InChI is InChI=1S/C22H26O4.C18H18O4.C18H22.C16H20N2/c1-7-25-21(23)19-13(3)9-17(10-14(19)4)18-11-15(5)20(16(6)12-18)22(24)26-8-2;1-9-5-13(6-10(2)15(9)17(19)20)14-7-11(3)16(18(21)22)12(4)8-14;1-11-7-17(8-12(2)15(11)5)18-9-13(3)16(6)14(4)10-18;1-9-5-13(6-10(2)15(9)17)14-7-11(3)16(18)12(4)8-14/h9-12H,7-8H2,1-6H3;5-8H,1-4H3,(H,19,20)(H,21,22);7-10H,1-6H3;5-8H,17-18H2,1-4H3. The number of nitrogen functional groups attached to an aromatic ring is 2. The third kappa shape index (κ3) is 15.5. The van der Waals surface area contributed by atoms with Crippen LogP contribution < -0.4 is 11.5 Å². The van der Waals surface area contributed by atoms with Crippen molar-refractivity contribution in [1.82, 2.24) is 0 Å². The number of carbonyl (C=O) groups excluding carboxylic acids is 2. The fraction of sp³-hybridized carbons (Fsp3) is 0.297. The number of carbonyl (C=O) groups is 4. The lowest BCUT2D eigenvalue weighted by Crippen LogP contribution is -2.10. The van der Waals surface area contributed by atoms with Crippen LogP contribution in [0.15, 0.2) is 97.1 Å². The molecule has 0 saturated carbocycles. The van der Waals surface area contributed by atoms with Crippen LogP contribution in [0.1, 0.15) is 155 Å². The van der Waals surface area contributed by atoms with E-state index in [2.05, 4.69) is 90.1 Å². The zero-order chi connectivity index (χ0) is 62.9. The van der Waals surface area contributed by atoms with Crippen LogP contribution in [0.4, 0.5) is 11.4 Å². The Morgan fingerprint density at radius 2 is 0.440 bits per heavy atom. The number of ether oxygens (including phenoxy) is 2. The van der Waals surface area contributed by atoms with Crippen molar-refractivity contribution in [3.63, 3.8) is 0 Å². The molecule has 0 aliphatic rings. The van der Waals surface area contributed by atoms with Crippen LogP contribution in [0.2, 0.25) is 0 Å². The topological polar surface area (TPSA) is 179 Å². The molecule has 0 amide bonds. The number of rotatable bonds is 10. The van der Waals surface area contributed by atoms with E-state index < -0.39 is 11.9 Å². The first-order valence-electron chi connectivity index (χ1n) is 28.5. The Morgan fingerprint density at radius 3 is 0.607 bits per heavy atom. The van der Waals surface area contributed by atoms with Gasteiger partial charge < -0.3 is 31.2 Å². The second kappa shape index (κ2) is 28.0. The van der Waals surface area contributed by atoms with Gasteiger partial charge in [-0.05, 0) is 307 Å². The lowest BCUT2D eigenvalue weighted by atomic mass is 9.92. The first-order valence-corrected chi connectivity index (χ1v) is 28.5. The quantitative estimate of drug-likeness (QED) is 0.0761. The van der Waals surface area contributed by atoms with Gasteiger partial charge in [0.1, 0.15) is 0 Å². The van der Waals surface area contributed by atoms with Gasteiger partial charge in [0.25, 0.3) is 0 Å². The predicted molar refractivity (Wildman–Crippen MR) is 347 cm³/mol. The smallest absolute Gasteiger partial charge is 0.338 e. The number of nitrogens with two attached hydrogens (primary N) is 2. The van der Waals surface area contributed by atoms with Crippen LogP contribution in [0.5, 0.6) is 0 Å². The van der Waals surface area contributed by atoms with Gasteiger partial charge in [-0.25, -0.2) is 19.2 Å². The fourth-order valence-corrected chi connectivity index (χ4v) is 10.9. The number of aryl methyl sites for hydroxylation is 16. The number of hydrogen-bond donors (Lipinski definition) is 4. The molecule has 6 N–H and O–H groups in total. The van der Waals surface area contributed by atoms with Gasteiger partial charge in [0.15, 0.2) is 0 Å². The molecule has 0 fully saturated rings. The maximum absolute atomic E-state index is 12.1. The average Bonchev–Trinajstić information content (AvgIpc) is 3.39. The normalized spacial score (nSPS) is 10.6. The van der Waals surface area contributed by atoms with E-state index in [9.17, 15) is 29.4 Å². The molecule has 8 rings (SSSR count). The summed E-state index contributed by atoms with van der Waals surface area (Å²) in [5.74, 6) is -2.46. The van der Waals surface area contributed by atoms with Gasteiger partial charge in [-0.1, -0.05) is 72.8 Å². The summed E-state index contributed by atoms with van der Waals surface area (Å²) in [6.45, 7) is 40.4. The Balaban J connectivity index is 0.000000207. The molecule has 0 unspecified atom stereocenters. The third-order valence-corrected chi connectivity index (χ3v) is 15.9. The van der Waals surface area contributed by atoms with Crippen molar-refractivity contribution in [2.45, 2.75) is 138 Å². The predicted octanol–water partition coefficient (Wildman–Crippen LogP) is 17.9. The summed E-state index contributed by atoms with van der Waals surface area (Å²) in [7, 11) is 0. The largest absolute Gasteiger partial charge is 0.478 e. The molecule has 0 heterocycles. The second-order valence-electron chi connectivity index (χ2n) is 22.5. The van der Waals surface area contributed by atoms with Crippen molar-refractivity contribution >= 4 is 35.3 Å². The van der Waals surface area contributed by atoms with Gasteiger partial charge in [0.2, 0.25) is 0 Å². The van der Waals surface area contributed by atoms with Crippen molar-refractivity contribution in [1.29, 1.82) is 0 Å². The highest BCUT2D eigenvalue weighted by molar-refractivity contribution is 5.96. The Kier molecular flexibility index (Phi) is 22.0. The van der Waals surface area contributed by atoms with E-state index in [4.69, 9.17) is 20.9 Å². The van der Waals surface area contributed by atoms with Crippen LogP contribution >= 0.6 is 0 Å². The Labute approximate surface area is 498 Å². The zero-order valence-corrected chi connectivity index (χ0v) is 53.2. The number of anilines is 2. The molecule has 0 radical (unpaired) electrons. The van der Waals surface area contributed by atoms with Crippen molar-refractivity contribution in [2.24, 2.45) is 0 Å². The zero-order valence-electron chi connectivity index (χ0n) is 53.2. The summed E-state index contributed by atoms with van der Waals surface area (Å²) in [5.41, 5.74) is 43.6. The summed E-state index contributed by atoms with van der Waals surface area (Å²) in [6.07, 6.45) is 0. The minimum atomic E-state index is -0.935. The molecule has 0 aliphatic heterocycles. The van der Waals surface area contributed by atoms with Gasteiger partial charge in [-0.15, -0.1) is 0 Å². The molecule has 0 bridgehead atoms. The van der Waals surface area contributed by atoms with Gasteiger partial charge >= 0.3 is 23.9 Å². The Morgan fingerprint density at radius 1 is 0.286 bits per heavy atom. The molecule has 8 aromatic rings. The van der Waals surface area contributed by atoms with E-state index in [-0.39, 0.29) is 11.9 Å². The molecule has 440 valence electrons. The molecule has 0 aliphatic carbocycles. The molecule has 10 heteroatoms. The highest BCUT2D eigenvalue weighted by Crippen LogP contribution is 2.34. The van der Waals surface area contributed by atoms with Gasteiger partial charge in [-0.2, -0.15) is 0 Å². The molecule has 84 heavy (non-hydrogen) atoms. The van der Waals surface area contributed by atoms with Crippen LogP contribution in [0, 0.1) is 125 Å². The molecule has 0 atom stereocenters. The maximum Gasteiger partial charge on any atom is 0.338 e. The number of benzene rings is 8. The summed E-state index contributed by atoms with van der Waals surface area (Å²) in [4.78, 5) is 46.8. The summed E-state index contributed by atoms with van der Waals surface area (Å²) in [6, 6.07) is 32.9. The van der Waals surface area contributed by atoms with Crippen molar-refractivity contribution in [3.8, 4) is 44.5 Å². The monoisotopic (exact) mass is 1130 g/mol. The number of aromatic carboxylic acids is 2. The lowest BCUT2D eigenvalue weighted by Gasteiger charge is -2.15. The van der Waals surface area contributed by atoms with E-state index in [1.165, 1.54) is 55.6 Å². The van der Waals surface area contributed by atoms with Crippen LogP contribution in [0.3, 0.4) is 0 Å². The Hall–Kier alpha value is -8.76. The van der Waals surface area contributed by atoms with Crippen LogP contribution in [-0.4, -0.2) is 47.3 Å². The second-order valence-corrected chi connectivity index (χ2v) is 22.5. The maximum atomic E-state index is 12.1. The van der Waals surface area contributed by atoms with Gasteiger partial charge in [0.05, 0.1) is 35.5 Å². The highest BCUT2D eigenvalue weighted by atomic mass is 16.5. The van der Waals surface area contributed by atoms with Crippen LogP contribution in [0.25, 0.3) is 44.5 Å². The van der Waals surface area contributed by atoms with Gasteiger partial charge in [-0.3, -0.25) is 0 Å². The number of hydrogen-bond acceptors (Lipinski definition) is 8. The van der Waals surface area contributed by atoms with E-state index in [1.54, 1.807) is 41.5 Å². The molecule has 0 aromatic heterocycles. The number of carboxylic acid groups (broad SMARTS) is 2. The first kappa shape index (κ1) is 66.0. The van der Waals surface area contributed by atoms with Gasteiger partial charge in [0, 0.05) is 11.4 Å². The molecule has 10 nitrogen and oxygen atoms in total. The summed E-state index contributed by atoms with van der Waals surface area (Å²) >= 11 is 0. The SMILES string of the molecule is CCOC(=O)c1c(C)cc(-c2cc(C)c(C(=O)OCC)c(C)c2)cc1C.Cc1cc(-c2cc(C)c(C(=O)O)c(C)c2)cc(C)c1C(=O)O.Cc1cc(-c2cc(C)c(C)c(C)c2)cc(C)c1C.Cc1cc(-c2cc(C)c(N)c(C)c2)cc(C)c1N. The van der Waals surface area contributed by atoms with E-state index in [0.717, 1.165) is 78.1 Å².